The molecule has 6 nitrogen and oxygen atoms in total. The molecule has 0 unspecified atom stereocenters. The van der Waals surface area contributed by atoms with Gasteiger partial charge in [0.05, 0.1) is 18.7 Å². The van der Waals surface area contributed by atoms with Crippen molar-refractivity contribution >= 4 is 11.9 Å². The zero-order valence-electron chi connectivity index (χ0n) is 13.1. The van der Waals surface area contributed by atoms with Gasteiger partial charge in [-0.25, -0.2) is 0 Å². The van der Waals surface area contributed by atoms with Crippen LogP contribution in [0, 0.1) is 5.92 Å². The molecule has 2 aliphatic rings. The van der Waals surface area contributed by atoms with Crippen LogP contribution in [0.1, 0.15) is 17.9 Å². The van der Waals surface area contributed by atoms with E-state index in [1.807, 2.05) is 30.3 Å². The Morgan fingerprint density at radius 3 is 2.61 bits per heavy atom. The van der Waals surface area contributed by atoms with Gasteiger partial charge in [-0.15, -0.1) is 0 Å². The monoisotopic (exact) mass is 318 g/mol. The number of carboxylic acids is 1. The summed E-state index contributed by atoms with van der Waals surface area (Å²) in [5, 5.41) is 19.0. The molecule has 6 heteroatoms. The SMILES string of the molecule is CN(CC(=O)O)[C@@H]1CN(C(=O)[C@@H]2C[C@H]2c2ccccc2)C[C@H]1O. The van der Waals surface area contributed by atoms with E-state index in [2.05, 4.69) is 0 Å². The van der Waals surface area contributed by atoms with Crippen LogP contribution in [0.5, 0.6) is 0 Å². The third kappa shape index (κ3) is 3.38. The standard InChI is InChI=1S/C17H22N2O4/c1-18(10-16(21)22)14-8-19(9-15(14)20)17(23)13-7-12(13)11-5-3-2-4-6-11/h2-6,12-15,20H,7-10H2,1H3,(H,21,22)/t12-,13+,14+,15+/m0/s1. The van der Waals surface area contributed by atoms with Crippen LogP contribution >= 0.6 is 0 Å². The number of aliphatic hydroxyl groups excluding tert-OH is 1. The first-order chi connectivity index (χ1) is 11.0. The van der Waals surface area contributed by atoms with Crippen LogP contribution in [-0.4, -0.2) is 70.7 Å². The summed E-state index contributed by atoms with van der Waals surface area (Å²) in [7, 11) is 1.67. The maximum Gasteiger partial charge on any atom is 0.317 e. The van der Waals surface area contributed by atoms with Crippen molar-refractivity contribution in [1.29, 1.82) is 0 Å². The Labute approximate surface area is 135 Å². The summed E-state index contributed by atoms with van der Waals surface area (Å²) in [5.74, 6) is -0.593. The Morgan fingerprint density at radius 2 is 1.96 bits per heavy atom. The highest BCUT2D eigenvalue weighted by Crippen LogP contribution is 2.48. The first-order valence-corrected chi connectivity index (χ1v) is 7.91. The van der Waals surface area contributed by atoms with Crippen LogP contribution in [0.15, 0.2) is 30.3 Å². The van der Waals surface area contributed by atoms with E-state index in [9.17, 15) is 14.7 Å². The summed E-state index contributed by atoms with van der Waals surface area (Å²) in [4.78, 5) is 26.7. The first-order valence-electron chi connectivity index (χ1n) is 7.91. The second kappa shape index (κ2) is 6.29. The second-order valence-corrected chi connectivity index (χ2v) is 6.55. The van der Waals surface area contributed by atoms with Gasteiger partial charge in [-0.1, -0.05) is 30.3 Å². The Balaban J connectivity index is 1.59. The van der Waals surface area contributed by atoms with Gasteiger partial charge in [0.1, 0.15) is 0 Å². The Morgan fingerprint density at radius 1 is 1.26 bits per heavy atom. The van der Waals surface area contributed by atoms with Gasteiger partial charge in [-0.3, -0.25) is 14.5 Å². The van der Waals surface area contributed by atoms with E-state index < -0.39 is 12.1 Å². The fraction of sp³-hybridized carbons (Fsp3) is 0.529. The number of benzene rings is 1. The number of aliphatic carboxylic acids is 1. The van der Waals surface area contributed by atoms with Crippen LogP contribution in [0.2, 0.25) is 0 Å². The van der Waals surface area contributed by atoms with Gasteiger partial charge in [0, 0.05) is 19.0 Å². The molecule has 2 fully saturated rings. The first kappa shape index (κ1) is 16.0. The van der Waals surface area contributed by atoms with Crippen molar-refractivity contribution in [1.82, 2.24) is 9.80 Å². The van der Waals surface area contributed by atoms with Crippen LogP contribution < -0.4 is 0 Å². The van der Waals surface area contributed by atoms with Crippen molar-refractivity contribution in [3.63, 3.8) is 0 Å². The highest BCUT2D eigenvalue weighted by Gasteiger charge is 2.48. The summed E-state index contributed by atoms with van der Waals surface area (Å²) in [6.45, 7) is 0.535. The lowest BCUT2D eigenvalue weighted by atomic mass is 10.1. The zero-order valence-corrected chi connectivity index (χ0v) is 13.1. The van der Waals surface area contributed by atoms with Crippen LogP contribution in [0.25, 0.3) is 0 Å². The molecule has 2 N–H and O–H groups in total. The lowest BCUT2D eigenvalue weighted by Crippen LogP contribution is -2.43. The number of carbonyl (C=O) groups is 2. The van der Waals surface area contributed by atoms with Crippen molar-refractivity contribution in [3.8, 4) is 0 Å². The minimum absolute atomic E-state index is 0.00636. The number of rotatable bonds is 5. The van der Waals surface area contributed by atoms with E-state index in [0.717, 1.165) is 6.42 Å². The smallest absolute Gasteiger partial charge is 0.317 e. The largest absolute Gasteiger partial charge is 0.480 e. The molecule has 3 rings (SSSR count). The molecular weight excluding hydrogens is 296 g/mol. The third-order valence-electron chi connectivity index (χ3n) is 4.86. The van der Waals surface area contributed by atoms with Gasteiger partial charge in [-0.05, 0) is 24.9 Å². The van der Waals surface area contributed by atoms with E-state index in [-0.39, 0.29) is 36.9 Å². The fourth-order valence-corrected chi connectivity index (χ4v) is 3.48. The minimum atomic E-state index is -0.934. The van der Waals surface area contributed by atoms with Crippen LogP contribution in [0.4, 0.5) is 0 Å². The summed E-state index contributed by atoms with van der Waals surface area (Å²) in [5.41, 5.74) is 1.19. The molecule has 1 aliphatic carbocycles. The van der Waals surface area contributed by atoms with Crippen LogP contribution in [0.3, 0.4) is 0 Å². The van der Waals surface area contributed by atoms with E-state index in [0.29, 0.717) is 6.54 Å². The number of carboxylic acid groups (broad SMARTS) is 1. The van der Waals surface area contributed by atoms with Gasteiger partial charge in [-0.2, -0.15) is 0 Å². The normalized spacial score (nSPS) is 29.8. The quantitative estimate of drug-likeness (QED) is 0.820. The molecule has 1 saturated heterocycles. The molecule has 4 atom stereocenters. The average Bonchev–Trinajstić information content (AvgIpc) is 3.22. The molecule has 0 radical (unpaired) electrons. The van der Waals surface area contributed by atoms with E-state index in [4.69, 9.17) is 5.11 Å². The number of aliphatic hydroxyl groups is 1. The lowest BCUT2D eigenvalue weighted by Gasteiger charge is -2.24. The maximum absolute atomic E-state index is 12.6. The molecule has 0 spiro atoms. The molecule has 1 aromatic rings. The average molecular weight is 318 g/mol. The highest BCUT2D eigenvalue weighted by atomic mass is 16.4. The number of hydrogen-bond donors (Lipinski definition) is 2. The molecule has 124 valence electrons. The minimum Gasteiger partial charge on any atom is -0.480 e. The number of likely N-dealkylation sites (N-methyl/N-ethyl adjacent to an activating group) is 1. The summed E-state index contributed by atoms with van der Waals surface area (Å²) >= 11 is 0. The van der Waals surface area contributed by atoms with Crippen molar-refractivity contribution in [2.45, 2.75) is 24.5 Å². The number of nitrogens with zero attached hydrogens (tertiary/aromatic N) is 2. The lowest BCUT2D eigenvalue weighted by molar-refractivity contribution is -0.138. The molecule has 0 bridgehead atoms. The third-order valence-corrected chi connectivity index (χ3v) is 4.86. The molecular formula is C17H22N2O4. The van der Waals surface area contributed by atoms with E-state index in [1.54, 1.807) is 16.8 Å². The zero-order chi connectivity index (χ0) is 16.6. The van der Waals surface area contributed by atoms with E-state index in [1.165, 1.54) is 5.56 Å². The van der Waals surface area contributed by atoms with Crippen molar-refractivity contribution in [2.24, 2.45) is 5.92 Å². The van der Waals surface area contributed by atoms with Crippen molar-refractivity contribution < 1.29 is 19.8 Å². The Kier molecular flexibility index (Phi) is 4.37. The maximum atomic E-state index is 12.6. The summed E-state index contributed by atoms with van der Waals surface area (Å²) in [6, 6.07) is 9.68. The predicted molar refractivity (Wildman–Crippen MR) is 83.9 cm³/mol. The van der Waals surface area contributed by atoms with Gasteiger partial charge in [0.2, 0.25) is 5.91 Å². The summed E-state index contributed by atoms with van der Waals surface area (Å²) in [6.07, 6.45) is 0.155. The molecule has 1 aliphatic heterocycles. The van der Waals surface area contributed by atoms with Crippen molar-refractivity contribution in [2.75, 3.05) is 26.7 Å². The second-order valence-electron chi connectivity index (χ2n) is 6.55. The molecule has 23 heavy (non-hydrogen) atoms. The number of β-amino-alcohol motifs (C(OH)–C–C–N with tert-alkyl or cyclic N) is 1. The number of likely N-dealkylation sites (tertiary alicyclic amines) is 1. The Hall–Kier alpha value is -1.92. The molecule has 1 saturated carbocycles. The van der Waals surface area contributed by atoms with Gasteiger partial charge in [0.15, 0.2) is 0 Å². The molecule has 1 heterocycles. The molecule has 1 amide bonds. The highest BCUT2D eigenvalue weighted by molar-refractivity contribution is 5.83. The number of amides is 1. The molecule has 1 aromatic carbocycles. The van der Waals surface area contributed by atoms with Gasteiger partial charge >= 0.3 is 5.97 Å². The summed E-state index contributed by atoms with van der Waals surface area (Å²) < 4.78 is 0. The van der Waals surface area contributed by atoms with Crippen molar-refractivity contribution in [3.05, 3.63) is 35.9 Å². The topological polar surface area (TPSA) is 81.1 Å². The Bertz CT molecular complexity index is 592. The fourth-order valence-electron chi connectivity index (χ4n) is 3.48. The number of carbonyl (C=O) groups excluding carboxylic acids is 1. The number of hydrogen-bond acceptors (Lipinski definition) is 4. The predicted octanol–water partition coefficient (Wildman–Crippen LogP) is 0.378. The molecule has 0 aromatic heterocycles. The van der Waals surface area contributed by atoms with Gasteiger partial charge < -0.3 is 15.1 Å². The van der Waals surface area contributed by atoms with Crippen LogP contribution in [-0.2, 0) is 9.59 Å². The van der Waals surface area contributed by atoms with Gasteiger partial charge in [0.25, 0.3) is 0 Å². The van der Waals surface area contributed by atoms with E-state index >= 15 is 0 Å².